The molecule has 4 nitrogen and oxygen atoms in total. The van der Waals surface area contributed by atoms with E-state index in [1.165, 1.54) is 51.2 Å². The Labute approximate surface area is 168 Å². The van der Waals surface area contributed by atoms with Crippen molar-refractivity contribution < 1.29 is 14.3 Å². The van der Waals surface area contributed by atoms with E-state index >= 15 is 0 Å². The van der Waals surface area contributed by atoms with Crippen LogP contribution in [0.25, 0.3) is 0 Å². The van der Waals surface area contributed by atoms with Gasteiger partial charge < -0.3 is 9.64 Å². The quantitative estimate of drug-likeness (QED) is 0.664. The number of ether oxygens (including phenoxy) is 1. The molecular weight excluding hydrogens is 406 g/mol. The normalized spacial score (nSPS) is 37.1. The molecule has 144 valence electrons. The van der Waals surface area contributed by atoms with Crippen LogP contribution in [0.15, 0.2) is 22.7 Å². The Hall–Kier alpha value is -1.36. The van der Waals surface area contributed by atoms with Crippen molar-refractivity contribution in [2.24, 2.45) is 23.7 Å². The highest BCUT2D eigenvalue weighted by atomic mass is 79.9. The van der Waals surface area contributed by atoms with Gasteiger partial charge in [0.05, 0.1) is 18.7 Å². The number of amides is 1. The fourth-order valence-electron chi connectivity index (χ4n) is 6.78. The molecule has 27 heavy (non-hydrogen) atoms. The number of nitrogens with zero attached hydrogens (tertiary/aromatic N) is 1. The first kappa shape index (κ1) is 17.7. The van der Waals surface area contributed by atoms with Crippen molar-refractivity contribution in [1.82, 2.24) is 0 Å². The molecule has 4 aliphatic carbocycles. The van der Waals surface area contributed by atoms with E-state index in [-0.39, 0.29) is 24.2 Å². The van der Waals surface area contributed by atoms with Crippen molar-refractivity contribution in [1.29, 1.82) is 0 Å². The zero-order valence-corrected chi connectivity index (χ0v) is 17.3. The lowest BCUT2D eigenvalue weighted by atomic mass is 9.48. The van der Waals surface area contributed by atoms with Crippen LogP contribution in [0.5, 0.6) is 0 Å². The molecule has 1 saturated heterocycles. The number of benzene rings is 1. The van der Waals surface area contributed by atoms with Crippen LogP contribution in [0.3, 0.4) is 0 Å². The highest BCUT2D eigenvalue weighted by Gasteiger charge is 2.51. The third-order valence-corrected chi connectivity index (χ3v) is 8.18. The molecule has 1 aliphatic heterocycles. The van der Waals surface area contributed by atoms with E-state index < -0.39 is 0 Å². The first-order valence-corrected chi connectivity index (χ1v) is 10.9. The molecule has 1 atom stereocenters. The van der Waals surface area contributed by atoms with Crippen molar-refractivity contribution >= 4 is 33.5 Å². The van der Waals surface area contributed by atoms with Gasteiger partial charge in [-0.15, -0.1) is 0 Å². The van der Waals surface area contributed by atoms with E-state index in [1.807, 2.05) is 0 Å². The molecule has 5 fully saturated rings. The summed E-state index contributed by atoms with van der Waals surface area (Å²) in [6, 6.07) is 6.57. The molecule has 1 aromatic rings. The molecule has 0 aromatic heterocycles. The Balaban J connectivity index is 1.42. The van der Waals surface area contributed by atoms with Gasteiger partial charge in [-0.05, 0) is 95.3 Å². The average molecular weight is 432 g/mol. The molecule has 6 rings (SSSR count). The summed E-state index contributed by atoms with van der Waals surface area (Å²) in [7, 11) is 1.38. The smallest absolute Gasteiger partial charge is 0.311 e. The molecule has 4 bridgehead atoms. The van der Waals surface area contributed by atoms with Gasteiger partial charge in [-0.25, -0.2) is 0 Å². The molecule has 5 aliphatic rings. The Morgan fingerprint density at radius 3 is 2.33 bits per heavy atom. The van der Waals surface area contributed by atoms with Crippen LogP contribution < -0.4 is 4.90 Å². The van der Waals surface area contributed by atoms with E-state index in [9.17, 15) is 9.59 Å². The Morgan fingerprint density at radius 1 is 1.15 bits per heavy atom. The van der Waals surface area contributed by atoms with Crippen molar-refractivity contribution in [2.45, 2.75) is 50.4 Å². The largest absolute Gasteiger partial charge is 0.469 e. The lowest BCUT2D eigenvalue weighted by molar-refractivity contribution is -0.145. The minimum atomic E-state index is -0.364. The number of methoxy groups -OCH3 is 1. The standard InChI is InChI=1S/C22H26BrNO3/c1-27-21(26)16-7-20(25)24(12-16)19-3-2-17(8-18(19)23)22-9-13-4-14(10-22)6-15(5-13)11-22/h2-3,8,13-16H,4-7,9-12H2,1H3/t13?,14?,15?,16-,22?/m1/s1. The number of rotatable bonds is 3. The minimum absolute atomic E-state index is 0.00588. The third-order valence-electron chi connectivity index (χ3n) is 7.55. The SMILES string of the molecule is COC(=O)[C@@H]1CC(=O)N(c2ccc(C34CC5CC(CC(C5)C3)C4)cc2Br)C1. The monoisotopic (exact) mass is 431 g/mol. The lowest BCUT2D eigenvalue weighted by Crippen LogP contribution is -2.48. The molecule has 1 amide bonds. The summed E-state index contributed by atoms with van der Waals surface area (Å²) in [5.74, 6) is 2.07. The summed E-state index contributed by atoms with van der Waals surface area (Å²) in [6.45, 7) is 0.404. The van der Waals surface area contributed by atoms with Crippen molar-refractivity contribution in [3.63, 3.8) is 0 Å². The van der Waals surface area contributed by atoms with E-state index in [1.54, 1.807) is 4.90 Å². The summed E-state index contributed by atoms with van der Waals surface area (Å²) in [4.78, 5) is 26.0. The highest BCUT2D eigenvalue weighted by Crippen LogP contribution is 2.61. The topological polar surface area (TPSA) is 46.6 Å². The van der Waals surface area contributed by atoms with Gasteiger partial charge in [-0.2, -0.15) is 0 Å². The van der Waals surface area contributed by atoms with Crippen LogP contribution in [0.1, 0.15) is 50.5 Å². The number of hydrogen-bond acceptors (Lipinski definition) is 3. The first-order chi connectivity index (χ1) is 13.0. The van der Waals surface area contributed by atoms with Gasteiger partial charge in [0, 0.05) is 17.4 Å². The molecular formula is C22H26BrNO3. The lowest BCUT2D eigenvalue weighted by Gasteiger charge is -2.57. The van der Waals surface area contributed by atoms with Gasteiger partial charge in [-0.1, -0.05) is 6.07 Å². The maximum absolute atomic E-state index is 12.5. The van der Waals surface area contributed by atoms with E-state index in [2.05, 4.69) is 34.1 Å². The van der Waals surface area contributed by atoms with E-state index in [0.29, 0.717) is 12.0 Å². The Bertz CT molecular complexity index is 769. The number of carbonyl (C=O) groups excluding carboxylic acids is 2. The van der Waals surface area contributed by atoms with Crippen LogP contribution in [0, 0.1) is 23.7 Å². The maximum atomic E-state index is 12.5. The van der Waals surface area contributed by atoms with E-state index in [0.717, 1.165) is 27.9 Å². The molecule has 0 unspecified atom stereocenters. The van der Waals surface area contributed by atoms with Gasteiger partial charge in [0.25, 0.3) is 0 Å². The summed E-state index contributed by atoms with van der Waals surface area (Å²) < 4.78 is 5.79. The fraction of sp³-hybridized carbons (Fsp3) is 0.636. The number of anilines is 1. The molecule has 0 spiro atoms. The molecule has 1 heterocycles. The Morgan fingerprint density at radius 2 is 1.78 bits per heavy atom. The third kappa shape index (κ3) is 2.84. The first-order valence-electron chi connectivity index (χ1n) is 10.2. The predicted octanol–water partition coefficient (Wildman–Crippen LogP) is 4.44. The number of esters is 1. The van der Waals surface area contributed by atoms with Crippen molar-refractivity contribution in [2.75, 3.05) is 18.6 Å². The molecule has 0 N–H and O–H groups in total. The fourth-order valence-corrected chi connectivity index (χ4v) is 7.38. The summed E-state index contributed by atoms with van der Waals surface area (Å²) in [6.07, 6.45) is 8.55. The molecule has 5 heteroatoms. The van der Waals surface area contributed by atoms with Gasteiger partial charge in [0.15, 0.2) is 0 Å². The van der Waals surface area contributed by atoms with Gasteiger partial charge in [-0.3, -0.25) is 9.59 Å². The number of hydrogen-bond donors (Lipinski definition) is 0. The van der Waals surface area contributed by atoms with Crippen molar-refractivity contribution in [3.05, 3.63) is 28.2 Å². The van der Waals surface area contributed by atoms with Gasteiger partial charge in [0.1, 0.15) is 0 Å². The van der Waals surface area contributed by atoms with Gasteiger partial charge in [0.2, 0.25) is 5.91 Å². The highest BCUT2D eigenvalue weighted by molar-refractivity contribution is 9.10. The minimum Gasteiger partial charge on any atom is -0.469 e. The van der Waals surface area contributed by atoms with Crippen LogP contribution >= 0.6 is 15.9 Å². The van der Waals surface area contributed by atoms with Gasteiger partial charge >= 0.3 is 5.97 Å². The zero-order chi connectivity index (χ0) is 18.8. The van der Waals surface area contributed by atoms with E-state index in [4.69, 9.17) is 4.74 Å². The number of carbonyl (C=O) groups is 2. The maximum Gasteiger partial charge on any atom is 0.311 e. The second-order valence-corrected chi connectivity index (χ2v) is 10.1. The van der Waals surface area contributed by atoms with Crippen LogP contribution in [0.2, 0.25) is 0 Å². The Kier molecular flexibility index (Phi) is 4.15. The predicted molar refractivity (Wildman–Crippen MR) is 106 cm³/mol. The molecule has 1 aromatic carbocycles. The second-order valence-electron chi connectivity index (χ2n) is 9.29. The van der Waals surface area contributed by atoms with Crippen LogP contribution in [-0.4, -0.2) is 25.5 Å². The summed E-state index contributed by atoms with van der Waals surface area (Å²) in [5, 5.41) is 0. The number of halogens is 1. The molecule has 4 saturated carbocycles. The summed E-state index contributed by atoms with van der Waals surface area (Å²) in [5.41, 5.74) is 2.66. The van der Waals surface area contributed by atoms with Crippen LogP contribution in [0.4, 0.5) is 5.69 Å². The second kappa shape index (κ2) is 6.33. The van der Waals surface area contributed by atoms with Crippen molar-refractivity contribution in [3.8, 4) is 0 Å². The zero-order valence-electron chi connectivity index (χ0n) is 15.7. The van der Waals surface area contributed by atoms with Crippen LogP contribution in [-0.2, 0) is 19.7 Å². The molecule has 0 radical (unpaired) electrons. The summed E-state index contributed by atoms with van der Waals surface area (Å²) >= 11 is 3.73. The average Bonchev–Trinajstić information content (AvgIpc) is 3.01.